The number of carbonyl (C=O) groups excluding carboxylic acids is 2. The third-order valence-corrected chi connectivity index (χ3v) is 13.2. The first-order chi connectivity index (χ1) is 27.0. The summed E-state index contributed by atoms with van der Waals surface area (Å²) in [7, 11) is 9.45. The smallest absolute Gasteiger partial charge is 0.251 e. The highest BCUT2D eigenvalue weighted by Crippen LogP contribution is 2.61. The number of pyridine rings is 1. The van der Waals surface area contributed by atoms with E-state index in [0.29, 0.717) is 42.0 Å². The largest absolute Gasteiger partial charge is 0.496 e. The number of carbonyl (C=O) groups is 2. The topological polar surface area (TPSA) is 172 Å². The predicted molar refractivity (Wildman–Crippen MR) is 223 cm³/mol. The molecule has 1 aliphatic heterocycles. The van der Waals surface area contributed by atoms with Gasteiger partial charge in [0.2, 0.25) is 5.91 Å². The van der Waals surface area contributed by atoms with E-state index in [1.807, 2.05) is 87.7 Å². The Morgan fingerprint density at radius 1 is 1.11 bits per heavy atom. The van der Waals surface area contributed by atoms with Crippen LogP contribution in [0.15, 0.2) is 60.8 Å². The molecule has 2 heterocycles. The van der Waals surface area contributed by atoms with Crippen molar-refractivity contribution in [3.8, 4) is 16.9 Å². The third-order valence-electron chi connectivity index (χ3n) is 13.2. The van der Waals surface area contributed by atoms with E-state index in [9.17, 15) is 14.7 Å². The monoisotopic (exact) mass is 784 g/mol. The normalized spacial score (nSPS) is 27.7. The number of aliphatic hydroxyl groups is 1. The summed E-state index contributed by atoms with van der Waals surface area (Å²) in [4.78, 5) is 43.4. The van der Waals surface area contributed by atoms with Crippen molar-refractivity contribution in [3.05, 3.63) is 77.6 Å². The molecule has 7 N–H and O–H groups in total. The van der Waals surface area contributed by atoms with Gasteiger partial charge in [0.25, 0.3) is 5.91 Å². The fraction of sp³-hybridized carbons (Fsp3) is 0.568. The summed E-state index contributed by atoms with van der Waals surface area (Å²) in [6.45, 7) is 9.25. The van der Waals surface area contributed by atoms with E-state index in [1.54, 1.807) is 25.3 Å². The molecule has 3 aromatic rings. The van der Waals surface area contributed by atoms with Crippen LogP contribution in [0.2, 0.25) is 0 Å². The third kappa shape index (κ3) is 8.41. The van der Waals surface area contributed by atoms with E-state index in [1.165, 1.54) is 6.42 Å². The maximum Gasteiger partial charge on any atom is 0.251 e. The van der Waals surface area contributed by atoms with Crippen molar-refractivity contribution in [2.75, 3.05) is 53.3 Å². The van der Waals surface area contributed by atoms with Crippen molar-refractivity contribution < 1.29 is 24.3 Å². The quantitative estimate of drug-likeness (QED) is 0.153. The van der Waals surface area contributed by atoms with Crippen LogP contribution in [0.1, 0.15) is 62.2 Å². The molecular formula is C44H64N8O5. The predicted octanol–water partition coefficient (Wildman–Crippen LogP) is 3.43. The van der Waals surface area contributed by atoms with Gasteiger partial charge in [-0.1, -0.05) is 45.0 Å². The Bertz CT molecular complexity index is 1890. The van der Waals surface area contributed by atoms with Gasteiger partial charge in [0.15, 0.2) is 0 Å². The molecule has 4 fully saturated rings. The number of likely N-dealkylation sites (N-methyl/N-ethyl adjacent to an activating group) is 1. The second kappa shape index (κ2) is 17.0. The van der Waals surface area contributed by atoms with Gasteiger partial charge in [-0.3, -0.25) is 19.4 Å². The van der Waals surface area contributed by atoms with Crippen LogP contribution < -0.4 is 31.7 Å². The molecule has 13 nitrogen and oxygen atoms in total. The summed E-state index contributed by atoms with van der Waals surface area (Å²) in [6.07, 6.45) is 2.52. The summed E-state index contributed by atoms with van der Waals surface area (Å²) in [5.74, 6) is 1.45. The number of benzene rings is 2. The second-order valence-corrected chi connectivity index (χ2v) is 17.7. The molecule has 2 bridgehead atoms. The zero-order valence-electron chi connectivity index (χ0n) is 35.2. The molecule has 3 aliphatic carbocycles. The number of rotatable bonds is 15. The van der Waals surface area contributed by atoms with Gasteiger partial charge in [-0.05, 0) is 92.9 Å². The van der Waals surface area contributed by atoms with E-state index in [2.05, 4.69) is 41.3 Å². The minimum Gasteiger partial charge on any atom is -0.496 e. The first-order valence-electron chi connectivity index (χ1n) is 20.2. The molecule has 7 rings (SSSR count). The Morgan fingerprint density at radius 3 is 2.46 bits per heavy atom. The average Bonchev–Trinajstić information content (AvgIpc) is 3.46. The molecule has 2 amide bonds. The number of hydrogen-bond acceptors (Lipinski definition) is 11. The number of aromatic nitrogens is 1. The molecule has 2 aromatic carbocycles. The van der Waals surface area contributed by atoms with Crippen molar-refractivity contribution in [1.29, 1.82) is 0 Å². The Kier molecular flexibility index (Phi) is 12.7. The minimum atomic E-state index is -1.48. The Labute approximate surface area is 338 Å². The van der Waals surface area contributed by atoms with Gasteiger partial charge in [-0.2, -0.15) is 5.06 Å². The molecule has 2 unspecified atom stereocenters. The first-order valence-corrected chi connectivity index (χ1v) is 20.2. The van der Waals surface area contributed by atoms with Gasteiger partial charge in [0.05, 0.1) is 25.3 Å². The number of ether oxygens (including phenoxy) is 1. The van der Waals surface area contributed by atoms with E-state index in [-0.39, 0.29) is 42.4 Å². The number of hydroxylamine groups is 2. The first kappa shape index (κ1) is 42.5. The van der Waals surface area contributed by atoms with Gasteiger partial charge in [0, 0.05) is 80.0 Å². The summed E-state index contributed by atoms with van der Waals surface area (Å²) in [5, 5.41) is 19.3. The molecule has 4 aliphatic rings. The van der Waals surface area contributed by atoms with Gasteiger partial charge in [0.1, 0.15) is 17.9 Å². The number of anilines is 1. The van der Waals surface area contributed by atoms with Crippen LogP contribution in [0.5, 0.6) is 5.75 Å². The van der Waals surface area contributed by atoms with Crippen molar-refractivity contribution in [1.82, 2.24) is 25.6 Å². The average molecular weight is 785 g/mol. The summed E-state index contributed by atoms with van der Waals surface area (Å²) >= 11 is 0. The Balaban J connectivity index is 1.30. The van der Waals surface area contributed by atoms with E-state index >= 15 is 0 Å². The van der Waals surface area contributed by atoms with Crippen LogP contribution in [0, 0.1) is 23.2 Å². The lowest BCUT2D eigenvalue weighted by molar-refractivity contribution is -0.176. The number of methoxy groups -OCH3 is 1. The zero-order chi connectivity index (χ0) is 41.4. The van der Waals surface area contributed by atoms with Crippen LogP contribution in [0.25, 0.3) is 11.1 Å². The second-order valence-electron chi connectivity index (χ2n) is 17.7. The molecule has 13 heteroatoms. The highest BCUT2D eigenvalue weighted by atomic mass is 16.7. The zero-order valence-corrected chi connectivity index (χ0v) is 35.2. The molecule has 310 valence electrons. The molecule has 57 heavy (non-hydrogen) atoms. The van der Waals surface area contributed by atoms with Gasteiger partial charge in [-0.15, -0.1) is 0 Å². The van der Waals surface area contributed by atoms with E-state index in [0.717, 1.165) is 34.5 Å². The number of para-hydroxylation sites is 1. The number of nitrogens with zero attached hydrogens (tertiary/aromatic N) is 4. The molecule has 1 aromatic heterocycles. The molecule has 0 radical (unpaired) electrons. The van der Waals surface area contributed by atoms with E-state index < -0.39 is 23.8 Å². The molecule has 9 atom stereocenters. The fourth-order valence-corrected chi connectivity index (χ4v) is 9.72. The van der Waals surface area contributed by atoms with Crippen LogP contribution in [-0.2, 0) is 22.6 Å². The van der Waals surface area contributed by atoms with Gasteiger partial charge < -0.3 is 41.7 Å². The standard InChI is InChI=1S/C44H64N8O5/c1-26-36-20-31(43(36,3)4)21-37(26)49-42(55)40-44(46,27(2)53)38(23-45)57-52(40)24-28-13-12-15-35(39(28)56-9)29-17-30(19-34(18-29)51(7)8)41(54)48-33(25-50(5)6)22-32-14-10-11-16-47-32/h10-19,26-27,31,33,36-38,40,53H,20-25,45-46H2,1-9H3,(H,48,54)(H,49,55)/t26?,27-,31+,33-,36-,37-,38-,40?,44-/m0/s1. The molecule has 0 spiro atoms. The van der Waals surface area contributed by atoms with Crippen molar-refractivity contribution in [2.24, 2.45) is 34.6 Å². The van der Waals surface area contributed by atoms with Crippen LogP contribution in [0.3, 0.4) is 0 Å². The molecule has 1 saturated heterocycles. The summed E-state index contributed by atoms with van der Waals surface area (Å²) in [5.41, 5.74) is 16.5. The fourth-order valence-electron chi connectivity index (χ4n) is 9.72. The van der Waals surface area contributed by atoms with Gasteiger partial charge in [-0.25, -0.2) is 0 Å². The maximum atomic E-state index is 14.5. The van der Waals surface area contributed by atoms with Crippen LogP contribution in [-0.4, -0.2) is 116 Å². The minimum absolute atomic E-state index is 0.00676. The lowest BCUT2D eigenvalue weighted by Gasteiger charge is -2.62. The Hall–Kier alpha value is -4.11. The van der Waals surface area contributed by atoms with Gasteiger partial charge >= 0.3 is 0 Å². The maximum absolute atomic E-state index is 14.5. The highest BCUT2D eigenvalue weighted by molar-refractivity contribution is 5.97. The van der Waals surface area contributed by atoms with Crippen molar-refractivity contribution >= 4 is 17.5 Å². The number of amides is 2. The molecule has 3 saturated carbocycles. The Morgan fingerprint density at radius 2 is 1.86 bits per heavy atom. The van der Waals surface area contributed by atoms with E-state index in [4.69, 9.17) is 21.0 Å². The SMILES string of the molecule is COc1c(CN2O[C@@H](CN)[C@@](N)([C@H](C)O)C2C(=O)N[C@H]2C[C@H]3C[C@@H](C2C)C3(C)C)cccc1-c1cc(C(=O)N[C@@H](Cc2ccccn2)CN(C)C)cc(N(C)C)c1. The van der Waals surface area contributed by atoms with Crippen LogP contribution in [0.4, 0.5) is 5.69 Å². The number of aliphatic hydroxyl groups excluding tert-OH is 1. The van der Waals surface area contributed by atoms with Crippen molar-refractivity contribution in [3.63, 3.8) is 0 Å². The lowest BCUT2D eigenvalue weighted by Crippen LogP contribution is -2.70. The summed E-state index contributed by atoms with van der Waals surface area (Å²) in [6, 6.07) is 16.1. The highest BCUT2D eigenvalue weighted by Gasteiger charge is 2.61. The van der Waals surface area contributed by atoms with Crippen LogP contribution >= 0.6 is 0 Å². The molecular weight excluding hydrogens is 721 g/mol. The lowest BCUT2D eigenvalue weighted by atomic mass is 9.45. The number of fused-ring (bicyclic) bond motifs is 2. The summed E-state index contributed by atoms with van der Waals surface area (Å²) < 4.78 is 6.12. The number of hydrogen-bond donors (Lipinski definition) is 5. The number of nitrogens with one attached hydrogen (secondary N) is 2. The van der Waals surface area contributed by atoms with Crippen molar-refractivity contribution in [2.45, 2.75) is 89.4 Å². The number of nitrogens with two attached hydrogens (primary N) is 2.